The first kappa shape index (κ1) is 17.4. The van der Waals surface area contributed by atoms with E-state index in [0.29, 0.717) is 16.9 Å². The molecule has 0 atom stereocenters. The number of carbonyl (C=O) groups is 2. The molecule has 0 aliphatic rings. The van der Waals surface area contributed by atoms with E-state index in [4.69, 9.17) is 12.2 Å². The van der Waals surface area contributed by atoms with Gasteiger partial charge in [-0.15, -0.1) is 0 Å². The van der Waals surface area contributed by atoms with Crippen molar-refractivity contribution in [1.82, 2.24) is 5.32 Å². The van der Waals surface area contributed by atoms with Gasteiger partial charge in [0.15, 0.2) is 5.11 Å². The number of carbonyl (C=O) groups excluding carboxylic acids is 2. The van der Waals surface area contributed by atoms with Crippen LogP contribution in [-0.4, -0.2) is 16.9 Å². The van der Waals surface area contributed by atoms with E-state index in [1.165, 1.54) is 6.92 Å². The molecule has 0 saturated heterocycles. The molecular weight excluding hydrogens is 425 g/mol. The van der Waals surface area contributed by atoms with Crippen LogP contribution in [0.25, 0.3) is 0 Å². The van der Waals surface area contributed by atoms with Gasteiger partial charge in [0.05, 0.1) is 0 Å². The molecule has 5 nitrogen and oxygen atoms in total. The van der Waals surface area contributed by atoms with Gasteiger partial charge in [0, 0.05) is 27.4 Å². The lowest BCUT2D eigenvalue weighted by Crippen LogP contribution is -2.34. The van der Waals surface area contributed by atoms with Gasteiger partial charge in [-0.2, -0.15) is 0 Å². The highest BCUT2D eigenvalue weighted by atomic mass is 127. The summed E-state index contributed by atoms with van der Waals surface area (Å²) >= 11 is 7.29. The first-order chi connectivity index (χ1) is 10.9. The Morgan fingerprint density at radius 3 is 2.30 bits per heavy atom. The summed E-state index contributed by atoms with van der Waals surface area (Å²) in [5.41, 5.74) is 1.85. The highest BCUT2D eigenvalue weighted by Gasteiger charge is 2.08. The zero-order valence-electron chi connectivity index (χ0n) is 12.2. The molecule has 0 bridgehead atoms. The van der Waals surface area contributed by atoms with Crippen molar-refractivity contribution in [2.45, 2.75) is 6.92 Å². The van der Waals surface area contributed by atoms with Crippen molar-refractivity contribution in [3.8, 4) is 0 Å². The van der Waals surface area contributed by atoms with Crippen LogP contribution in [-0.2, 0) is 4.79 Å². The van der Waals surface area contributed by atoms with Gasteiger partial charge in [0.25, 0.3) is 5.91 Å². The van der Waals surface area contributed by atoms with Crippen molar-refractivity contribution >= 4 is 63.1 Å². The summed E-state index contributed by atoms with van der Waals surface area (Å²) < 4.78 is 0.970. The summed E-state index contributed by atoms with van der Waals surface area (Å²) in [7, 11) is 0. The third-order valence-corrected chi connectivity index (χ3v) is 3.63. The van der Waals surface area contributed by atoms with Gasteiger partial charge in [-0.3, -0.25) is 14.9 Å². The van der Waals surface area contributed by atoms with Crippen molar-refractivity contribution < 1.29 is 9.59 Å². The third-order valence-electron chi connectivity index (χ3n) is 2.75. The van der Waals surface area contributed by atoms with Gasteiger partial charge < -0.3 is 10.6 Å². The van der Waals surface area contributed by atoms with Crippen LogP contribution in [0.15, 0.2) is 48.5 Å². The van der Waals surface area contributed by atoms with Crippen molar-refractivity contribution in [3.05, 3.63) is 57.7 Å². The fourth-order valence-electron chi connectivity index (χ4n) is 1.85. The molecule has 2 amide bonds. The van der Waals surface area contributed by atoms with Crippen molar-refractivity contribution in [1.29, 1.82) is 0 Å². The van der Waals surface area contributed by atoms with Gasteiger partial charge in [0.1, 0.15) is 0 Å². The molecule has 118 valence electrons. The van der Waals surface area contributed by atoms with E-state index in [1.807, 2.05) is 12.1 Å². The van der Waals surface area contributed by atoms with E-state index in [1.54, 1.807) is 36.4 Å². The fraction of sp³-hybridized carbons (Fsp3) is 0.0625. The highest BCUT2D eigenvalue weighted by Crippen LogP contribution is 2.15. The fourth-order valence-corrected chi connectivity index (χ4v) is 2.60. The number of hydrogen-bond acceptors (Lipinski definition) is 3. The van der Waals surface area contributed by atoms with Crippen LogP contribution in [0.5, 0.6) is 0 Å². The molecule has 0 aromatic heterocycles. The van der Waals surface area contributed by atoms with E-state index >= 15 is 0 Å². The lowest BCUT2D eigenvalue weighted by atomic mass is 10.2. The predicted octanol–water partition coefficient (Wildman–Crippen LogP) is 3.38. The Bertz CT molecular complexity index is 764. The Morgan fingerprint density at radius 2 is 1.65 bits per heavy atom. The number of halogens is 1. The molecule has 0 saturated carbocycles. The second-order valence-electron chi connectivity index (χ2n) is 4.68. The molecule has 2 rings (SSSR count). The van der Waals surface area contributed by atoms with Gasteiger partial charge in [-0.25, -0.2) is 0 Å². The largest absolute Gasteiger partial charge is 0.332 e. The topological polar surface area (TPSA) is 70.2 Å². The van der Waals surface area contributed by atoms with Crippen LogP contribution >= 0.6 is 34.8 Å². The summed E-state index contributed by atoms with van der Waals surface area (Å²) in [6.45, 7) is 1.44. The molecule has 0 heterocycles. The van der Waals surface area contributed by atoms with Gasteiger partial charge in [-0.05, 0) is 71.2 Å². The second-order valence-corrected chi connectivity index (χ2v) is 6.33. The molecule has 0 radical (unpaired) electrons. The van der Waals surface area contributed by atoms with Crippen LogP contribution in [0.4, 0.5) is 11.4 Å². The normalized spacial score (nSPS) is 9.83. The molecule has 23 heavy (non-hydrogen) atoms. The molecule has 3 N–H and O–H groups in total. The SMILES string of the molecule is CC(=O)Nc1cccc(NC(=S)NC(=O)c2cccc(I)c2)c1. The maximum absolute atomic E-state index is 12.1. The molecule has 0 fully saturated rings. The van der Waals surface area contributed by atoms with E-state index < -0.39 is 0 Å². The number of amides is 2. The molecule has 2 aromatic carbocycles. The standard InChI is InChI=1S/C16H14IN3O2S/c1-10(21)18-13-6-3-7-14(9-13)19-16(23)20-15(22)11-4-2-5-12(17)8-11/h2-9H,1H3,(H,18,21)(H2,19,20,22,23). The zero-order chi connectivity index (χ0) is 16.8. The average Bonchev–Trinajstić information content (AvgIpc) is 2.46. The summed E-state index contributed by atoms with van der Waals surface area (Å²) in [4.78, 5) is 23.2. The summed E-state index contributed by atoms with van der Waals surface area (Å²) in [5.74, 6) is -0.434. The Balaban J connectivity index is 1.99. The van der Waals surface area contributed by atoms with Gasteiger partial charge >= 0.3 is 0 Å². The lowest BCUT2D eigenvalue weighted by molar-refractivity contribution is -0.114. The minimum absolute atomic E-state index is 0.156. The number of nitrogens with one attached hydrogen (secondary N) is 3. The van der Waals surface area contributed by atoms with E-state index in [0.717, 1.165) is 3.57 Å². The quantitative estimate of drug-likeness (QED) is 0.507. The monoisotopic (exact) mass is 439 g/mol. The predicted molar refractivity (Wildman–Crippen MR) is 104 cm³/mol. The van der Waals surface area contributed by atoms with Crippen LogP contribution in [0.3, 0.4) is 0 Å². The molecule has 0 unspecified atom stereocenters. The average molecular weight is 439 g/mol. The smallest absolute Gasteiger partial charge is 0.257 e. The number of rotatable bonds is 3. The van der Waals surface area contributed by atoms with E-state index in [9.17, 15) is 9.59 Å². The Labute approximate surface area is 153 Å². The van der Waals surface area contributed by atoms with Crippen molar-refractivity contribution in [3.63, 3.8) is 0 Å². The van der Waals surface area contributed by atoms with Crippen LogP contribution in [0.1, 0.15) is 17.3 Å². The molecule has 7 heteroatoms. The molecule has 2 aromatic rings. The minimum atomic E-state index is -0.279. The van der Waals surface area contributed by atoms with Gasteiger partial charge in [-0.1, -0.05) is 12.1 Å². The number of thiocarbonyl (C=S) groups is 1. The maximum Gasteiger partial charge on any atom is 0.257 e. The van der Waals surface area contributed by atoms with Crippen LogP contribution in [0, 0.1) is 3.57 Å². The van der Waals surface area contributed by atoms with Gasteiger partial charge in [0.2, 0.25) is 5.91 Å². The molecule has 0 aliphatic heterocycles. The van der Waals surface area contributed by atoms with Crippen LogP contribution in [0.2, 0.25) is 0 Å². The summed E-state index contributed by atoms with van der Waals surface area (Å²) in [5, 5.41) is 8.41. The Kier molecular flexibility index (Phi) is 6.05. The Morgan fingerprint density at radius 1 is 1.00 bits per heavy atom. The van der Waals surface area contributed by atoms with Crippen LogP contribution < -0.4 is 16.0 Å². The number of benzene rings is 2. The highest BCUT2D eigenvalue weighted by molar-refractivity contribution is 14.1. The van der Waals surface area contributed by atoms with Crippen molar-refractivity contribution in [2.24, 2.45) is 0 Å². The molecule has 0 spiro atoms. The lowest BCUT2D eigenvalue weighted by Gasteiger charge is -2.11. The first-order valence-electron chi connectivity index (χ1n) is 6.69. The molecule has 0 aliphatic carbocycles. The van der Waals surface area contributed by atoms with E-state index in [-0.39, 0.29) is 16.9 Å². The zero-order valence-corrected chi connectivity index (χ0v) is 15.2. The second kappa shape index (κ2) is 8.02. The minimum Gasteiger partial charge on any atom is -0.332 e. The number of anilines is 2. The van der Waals surface area contributed by atoms with Crippen molar-refractivity contribution in [2.75, 3.05) is 10.6 Å². The molecular formula is C16H14IN3O2S. The van der Waals surface area contributed by atoms with E-state index in [2.05, 4.69) is 38.5 Å². The maximum atomic E-state index is 12.1. The first-order valence-corrected chi connectivity index (χ1v) is 8.18. The summed E-state index contributed by atoms with van der Waals surface area (Å²) in [6, 6.07) is 14.3. The summed E-state index contributed by atoms with van der Waals surface area (Å²) in [6.07, 6.45) is 0. The Hall–Kier alpha value is -2.00. The number of hydrogen-bond donors (Lipinski definition) is 3. The third kappa shape index (κ3) is 5.61.